The molecule has 2 fully saturated rings. The van der Waals surface area contributed by atoms with Crippen molar-refractivity contribution in [1.29, 1.82) is 0 Å². The van der Waals surface area contributed by atoms with Gasteiger partial charge in [0.2, 0.25) is 0 Å². The molecule has 1 aromatic rings. The van der Waals surface area contributed by atoms with Gasteiger partial charge in [0, 0.05) is 37.4 Å². The van der Waals surface area contributed by atoms with Gasteiger partial charge < -0.3 is 19.2 Å². The van der Waals surface area contributed by atoms with Gasteiger partial charge in [-0.3, -0.25) is 4.90 Å². The first kappa shape index (κ1) is 19.9. The minimum absolute atomic E-state index is 0.259. The molecule has 0 saturated carbocycles. The zero-order valence-electron chi connectivity index (χ0n) is 16.5. The van der Waals surface area contributed by atoms with Crippen molar-refractivity contribution in [2.45, 2.75) is 19.4 Å². The molecule has 6 nitrogen and oxygen atoms in total. The van der Waals surface area contributed by atoms with Gasteiger partial charge in [-0.15, -0.1) is 0 Å². The second-order valence-corrected chi connectivity index (χ2v) is 7.33. The minimum atomic E-state index is -0.259. The van der Waals surface area contributed by atoms with E-state index in [0.29, 0.717) is 6.61 Å². The van der Waals surface area contributed by atoms with Crippen LogP contribution >= 0.6 is 0 Å². The van der Waals surface area contributed by atoms with E-state index in [-0.39, 0.29) is 5.54 Å². The van der Waals surface area contributed by atoms with E-state index in [1.54, 1.807) is 6.08 Å². The van der Waals surface area contributed by atoms with Crippen LogP contribution in [-0.2, 0) is 14.3 Å². The smallest absolute Gasteiger partial charge is 0.135 e. The number of ether oxygens (including phenoxy) is 2. The standard InChI is InChI=1S/C21H31N3O3/c1-4-13-27-22-20(21(2,3)24-11-16-26-17-12-24)18-5-7-19(8-6-18)23-9-14-25-15-10-23/h4-8H,1,9-17H2,2-3H3/b22-20-. The van der Waals surface area contributed by atoms with Gasteiger partial charge in [0.1, 0.15) is 12.3 Å². The minimum Gasteiger partial charge on any atom is -0.391 e. The first-order chi connectivity index (χ1) is 13.1. The van der Waals surface area contributed by atoms with Gasteiger partial charge in [-0.05, 0) is 26.0 Å². The highest BCUT2D eigenvalue weighted by molar-refractivity contribution is 6.06. The molecule has 0 N–H and O–H groups in total. The Balaban J connectivity index is 1.83. The molecule has 0 unspecified atom stereocenters. The molecule has 2 heterocycles. The number of morpholine rings is 2. The Morgan fingerprint density at radius 2 is 1.67 bits per heavy atom. The molecule has 0 aliphatic carbocycles. The van der Waals surface area contributed by atoms with Gasteiger partial charge in [-0.1, -0.05) is 29.9 Å². The number of rotatable bonds is 7. The zero-order valence-corrected chi connectivity index (χ0v) is 16.5. The Morgan fingerprint density at radius 1 is 1.07 bits per heavy atom. The van der Waals surface area contributed by atoms with Crippen LogP contribution < -0.4 is 4.90 Å². The van der Waals surface area contributed by atoms with E-state index in [1.165, 1.54) is 5.69 Å². The molecule has 0 aromatic heterocycles. The van der Waals surface area contributed by atoms with Gasteiger partial charge in [0.25, 0.3) is 0 Å². The molecule has 6 heteroatoms. The van der Waals surface area contributed by atoms with Crippen molar-refractivity contribution in [3.63, 3.8) is 0 Å². The third kappa shape index (κ3) is 4.89. The normalized spacial score (nSPS) is 19.8. The predicted molar refractivity (Wildman–Crippen MR) is 109 cm³/mol. The Kier molecular flexibility index (Phi) is 6.88. The lowest BCUT2D eigenvalue weighted by Gasteiger charge is -2.41. The maximum Gasteiger partial charge on any atom is 0.135 e. The van der Waals surface area contributed by atoms with Crippen molar-refractivity contribution >= 4 is 11.4 Å². The van der Waals surface area contributed by atoms with Crippen molar-refractivity contribution in [2.24, 2.45) is 5.16 Å². The molecule has 1 aromatic carbocycles. The number of benzene rings is 1. The van der Waals surface area contributed by atoms with Crippen LogP contribution in [0.3, 0.4) is 0 Å². The lowest BCUT2D eigenvalue weighted by atomic mass is 9.89. The summed E-state index contributed by atoms with van der Waals surface area (Å²) in [7, 11) is 0. The van der Waals surface area contributed by atoms with Crippen LogP contribution in [0.25, 0.3) is 0 Å². The molecule has 2 aliphatic rings. The Morgan fingerprint density at radius 3 is 2.26 bits per heavy atom. The summed E-state index contributed by atoms with van der Waals surface area (Å²) >= 11 is 0. The number of hydrogen-bond donors (Lipinski definition) is 0. The van der Waals surface area contributed by atoms with Gasteiger partial charge in [-0.2, -0.15) is 0 Å². The van der Waals surface area contributed by atoms with Crippen molar-refractivity contribution in [3.05, 3.63) is 42.5 Å². The fourth-order valence-electron chi connectivity index (χ4n) is 3.60. The molecule has 0 amide bonds. The number of nitrogens with zero attached hydrogens (tertiary/aromatic N) is 3. The summed E-state index contributed by atoms with van der Waals surface area (Å²) in [6.45, 7) is 15.2. The third-order valence-electron chi connectivity index (χ3n) is 5.25. The van der Waals surface area contributed by atoms with Crippen molar-refractivity contribution in [3.8, 4) is 0 Å². The maximum atomic E-state index is 5.52. The Labute approximate surface area is 162 Å². The SMILES string of the molecule is C=CCO/N=C(/c1ccc(N2CCOCC2)cc1)C(C)(C)N1CCOCC1. The topological polar surface area (TPSA) is 46.5 Å². The number of hydrogen-bond acceptors (Lipinski definition) is 6. The van der Waals surface area contributed by atoms with Crippen LogP contribution in [0.5, 0.6) is 0 Å². The van der Waals surface area contributed by atoms with Gasteiger partial charge in [0.05, 0.1) is 32.0 Å². The van der Waals surface area contributed by atoms with E-state index >= 15 is 0 Å². The summed E-state index contributed by atoms with van der Waals surface area (Å²) in [5, 5.41) is 4.50. The summed E-state index contributed by atoms with van der Waals surface area (Å²) in [6.07, 6.45) is 1.71. The lowest BCUT2D eigenvalue weighted by Crippen LogP contribution is -2.54. The highest BCUT2D eigenvalue weighted by atomic mass is 16.6. The zero-order chi connectivity index (χ0) is 19.1. The van der Waals surface area contributed by atoms with Crippen LogP contribution in [0.15, 0.2) is 42.1 Å². The fourth-order valence-corrected chi connectivity index (χ4v) is 3.60. The highest BCUT2D eigenvalue weighted by Crippen LogP contribution is 2.25. The number of anilines is 1. The molecule has 0 radical (unpaired) electrons. The average molecular weight is 373 g/mol. The maximum absolute atomic E-state index is 5.52. The summed E-state index contributed by atoms with van der Waals surface area (Å²) in [4.78, 5) is 10.3. The van der Waals surface area contributed by atoms with Crippen LogP contribution in [0.1, 0.15) is 19.4 Å². The number of oxime groups is 1. The Bertz CT molecular complexity index is 631. The van der Waals surface area contributed by atoms with Gasteiger partial charge >= 0.3 is 0 Å². The van der Waals surface area contributed by atoms with E-state index in [0.717, 1.165) is 63.9 Å². The molecule has 0 spiro atoms. The van der Waals surface area contributed by atoms with Gasteiger partial charge in [-0.25, -0.2) is 0 Å². The summed E-state index contributed by atoms with van der Waals surface area (Å²) < 4.78 is 11.0. The summed E-state index contributed by atoms with van der Waals surface area (Å²) in [5.74, 6) is 0. The first-order valence-electron chi connectivity index (χ1n) is 9.70. The fraction of sp³-hybridized carbons (Fsp3) is 0.571. The molecular weight excluding hydrogens is 342 g/mol. The van der Waals surface area contributed by atoms with Crippen LogP contribution in [-0.4, -0.2) is 75.4 Å². The van der Waals surface area contributed by atoms with Crippen molar-refractivity contribution in [2.75, 3.05) is 64.1 Å². The second-order valence-electron chi connectivity index (χ2n) is 7.33. The summed E-state index contributed by atoms with van der Waals surface area (Å²) in [6, 6.07) is 8.62. The molecule has 27 heavy (non-hydrogen) atoms. The highest BCUT2D eigenvalue weighted by Gasteiger charge is 2.35. The van der Waals surface area contributed by atoms with Crippen molar-refractivity contribution < 1.29 is 14.3 Å². The van der Waals surface area contributed by atoms with E-state index < -0.39 is 0 Å². The van der Waals surface area contributed by atoms with E-state index in [2.05, 4.69) is 59.6 Å². The van der Waals surface area contributed by atoms with E-state index in [4.69, 9.17) is 14.3 Å². The monoisotopic (exact) mass is 373 g/mol. The Hall–Kier alpha value is -1.89. The van der Waals surface area contributed by atoms with E-state index in [9.17, 15) is 0 Å². The van der Waals surface area contributed by atoms with Crippen molar-refractivity contribution in [1.82, 2.24) is 4.90 Å². The third-order valence-corrected chi connectivity index (χ3v) is 5.25. The lowest BCUT2D eigenvalue weighted by molar-refractivity contribution is 0.00902. The van der Waals surface area contributed by atoms with Crippen LogP contribution in [0, 0.1) is 0 Å². The average Bonchev–Trinajstić information content (AvgIpc) is 2.73. The van der Waals surface area contributed by atoms with Crippen LogP contribution in [0.2, 0.25) is 0 Å². The molecule has 3 rings (SSSR count). The van der Waals surface area contributed by atoms with Crippen LogP contribution in [0.4, 0.5) is 5.69 Å². The molecular formula is C21H31N3O3. The predicted octanol–water partition coefficient (Wildman–Crippen LogP) is 2.54. The largest absolute Gasteiger partial charge is 0.391 e. The second kappa shape index (κ2) is 9.35. The molecule has 2 aliphatic heterocycles. The molecule has 2 saturated heterocycles. The van der Waals surface area contributed by atoms with Gasteiger partial charge in [0.15, 0.2) is 0 Å². The molecule has 0 atom stereocenters. The van der Waals surface area contributed by atoms with E-state index in [1.807, 2.05) is 0 Å². The first-order valence-corrected chi connectivity index (χ1v) is 9.70. The molecule has 148 valence electrons. The quantitative estimate of drug-likeness (QED) is 0.318. The summed E-state index contributed by atoms with van der Waals surface area (Å²) in [5.41, 5.74) is 2.97. The molecule has 0 bridgehead atoms.